The molecule has 1 fully saturated rings. The molecule has 1 aliphatic rings. The van der Waals surface area contributed by atoms with E-state index in [4.69, 9.17) is 5.11 Å². The first-order valence-electron chi connectivity index (χ1n) is 7.36. The molecule has 1 aromatic rings. The molecule has 0 bridgehead atoms. The Bertz CT molecular complexity index is 491. The van der Waals surface area contributed by atoms with E-state index in [0.717, 1.165) is 19.5 Å². The second-order valence-corrected chi connectivity index (χ2v) is 5.67. The summed E-state index contributed by atoms with van der Waals surface area (Å²) in [4.78, 5) is 25.0. The standard InChI is InChI=1S/C16H22N2O3/c1-18-10-7-12(8-11-18)6-9-17-15(19)13-2-4-14(5-3-13)16(20)21/h2-5,12H,6-11H2,1H3,(H,17,19)(H,20,21). The van der Waals surface area contributed by atoms with Crippen molar-refractivity contribution in [1.29, 1.82) is 0 Å². The number of hydrogen-bond donors (Lipinski definition) is 2. The van der Waals surface area contributed by atoms with Crippen molar-refractivity contribution in [3.8, 4) is 0 Å². The normalized spacial score (nSPS) is 16.6. The number of nitrogens with zero attached hydrogens (tertiary/aromatic N) is 1. The lowest BCUT2D eigenvalue weighted by Crippen LogP contribution is -2.32. The van der Waals surface area contributed by atoms with E-state index in [1.165, 1.54) is 25.0 Å². The highest BCUT2D eigenvalue weighted by Gasteiger charge is 2.16. The maximum Gasteiger partial charge on any atom is 0.335 e. The van der Waals surface area contributed by atoms with Gasteiger partial charge in [0.1, 0.15) is 0 Å². The van der Waals surface area contributed by atoms with E-state index < -0.39 is 5.97 Å². The summed E-state index contributed by atoms with van der Waals surface area (Å²) >= 11 is 0. The molecule has 1 amide bonds. The summed E-state index contributed by atoms with van der Waals surface area (Å²) in [5, 5.41) is 11.7. The molecule has 0 atom stereocenters. The van der Waals surface area contributed by atoms with Crippen LogP contribution in [0.5, 0.6) is 0 Å². The van der Waals surface area contributed by atoms with E-state index in [-0.39, 0.29) is 11.5 Å². The predicted molar refractivity (Wildman–Crippen MR) is 80.6 cm³/mol. The molecule has 0 spiro atoms. The highest BCUT2D eigenvalue weighted by atomic mass is 16.4. The van der Waals surface area contributed by atoms with Crippen LogP contribution in [0.15, 0.2) is 24.3 Å². The number of rotatable bonds is 5. The number of benzene rings is 1. The molecule has 0 unspecified atom stereocenters. The number of aromatic carboxylic acids is 1. The molecule has 0 aromatic heterocycles. The van der Waals surface area contributed by atoms with Crippen molar-refractivity contribution >= 4 is 11.9 Å². The average molecular weight is 290 g/mol. The lowest BCUT2D eigenvalue weighted by atomic mass is 9.94. The molecule has 5 nitrogen and oxygen atoms in total. The fourth-order valence-corrected chi connectivity index (χ4v) is 2.61. The van der Waals surface area contributed by atoms with E-state index in [9.17, 15) is 9.59 Å². The molecule has 1 saturated heterocycles. The number of carbonyl (C=O) groups is 2. The van der Waals surface area contributed by atoms with Crippen LogP contribution in [-0.4, -0.2) is 48.6 Å². The van der Waals surface area contributed by atoms with Crippen molar-refractivity contribution in [2.75, 3.05) is 26.7 Å². The van der Waals surface area contributed by atoms with Crippen molar-refractivity contribution < 1.29 is 14.7 Å². The van der Waals surface area contributed by atoms with Crippen LogP contribution < -0.4 is 5.32 Å². The molecular formula is C16H22N2O3. The zero-order valence-electron chi connectivity index (χ0n) is 12.3. The van der Waals surface area contributed by atoms with E-state index in [1.54, 1.807) is 12.1 Å². The summed E-state index contributed by atoms with van der Waals surface area (Å²) in [5.41, 5.74) is 0.696. The van der Waals surface area contributed by atoms with Gasteiger partial charge >= 0.3 is 5.97 Å². The van der Waals surface area contributed by atoms with Gasteiger partial charge in [0, 0.05) is 12.1 Å². The Labute approximate surface area is 125 Å². The van der Waals surface area contributed by atoms with E-state index in [2.05, 4.69) is 17.3 Å². The molecule has 1 aliphatic heterocycles. The van der Waals surface area contributed by atoms with Gasteiger partial charge in [0.15, 0.2) is 0 Å². The zero-order valence-corrected chi connectivity index (χ0v) is 12.3. The van der Waals surface area contributed by atoms with Gasteiger partial charge in [0.25, 0.3) is 5.91 Å². The van der Waals surface area contributed by atoms with Gasteiger partial charge in [-0.05, 0) is 69.6 Å². The number of carboxylic acids is 1. The van der Waals surface area contributed by atoms with Gasteiger partial charge in [-0.1, -0.05) is 0 Å². The topological polar surface area (TPSA) is 69.6 Å². The van der Waals surface area contributed by atoms with Gasteiger partial charge < -0.3 is 15.3 Å². The molecule has 0 saturated carbocycles. The van der Waals surface area contributed by atoms with Crippen molar-refractivity contribution in [1.82, 2.24) is 10.2 Å². The zero-order chi connectivity index (χ0) is 15.2. The van der Waals surface area contributed by atoms with Crippen LogP contribution in [-0.2, 0) is 0 Å². The highest BCUT2D eigenvalue weighted by molar-refractivity contribution is 5.95. The van der Waals surface area contributed by atoms with Crippen LogP contribution >= 0.6 is 0 Å². The highest BCUT2D eigenvalue weighted by Crippen LogP contribution is 2.18. The molecular weight excluding hydrogens is 268 g/mol. The first-order valence-corrected chi connectivity index (χ1v) is 7.36. The fourth-order valence-electron chi connectivity index (χ4n) is 2.61. The van der Waals surface area contributed by atoms with Crippen molar-refractivity contribution in [2.24, 2.45) is 5.92 Å². The van der Waals surface area contributed by atoms with Gasteiger partial charge in [0.05, 0.1) is 5.56 Å². The number of nitrogens with one attached hydrogen (secondary N) is 1. The third-order valence-electron chi connectivity index (χ3n) is 4.07. The molecule has 0 aliphatic carbocycles. The average Bonchev–Trinajstić information content (AvgIpc) is 2.49. The largest absolute Gasteiger partial charge is 0.478 e. The van der Waals surface area contributed by atoms with Crippen molar-refractivity contribution in [3.63, 3.8) is 0 Å². The molecule has 114 valence electrons. The van der Waals surface area contributed by atoms with Gasteiger partial charge in [-0.2, -0.15) is 0 Å². The number of carboxylic acid groups (broad SMARTS) is 1. The third-order valence-corrected chi connectivity index (χ3v) is 4.07. The Morgan fingerprint density at radius 1 is 1.19 bits per heavy atom. The lowest BCUT2D eigenvalue weighted by molar-refractivity contribution is 0.0696. The summed E-state index contributed by atoms with van der Waals surface area (Å²) in [6.07, 6.45) is 3.39. The number of likely N-dealkylation sites (tertiary alicyclic amines) is 1. The van der Waals surface area contributed by atoms with Gasteiger partial charge in [-0.15, -0.1) is 0 Å². The fraction of sp³-hybridized carbons (Fsp3) is 0.500. The van der Waals surface area contributed by atoms with Gasteiger partial charge in [-0.25, -0.2) is 4.79 Å². The minimum atomic E-state index is -0.982. The van der Waals surface area contributed by atoms with Crippen LogP contribution in [0.4, 0.5) is 0 Å². The number of amides is 1. The Hall–Kier alpha value is -1.88. The monoisotopic (exact) mass is 290 g/mol. The molecule has 21 heavy (non-hydrogen) atoms. The Balaban J connectivity index is 1.75. The molecule has 1 aromatic carbocycles. The van der Waals surface area contributed by atoms with Crippen LogP contribution in [0.2, 0.25) is 0 Å². The SMILES string of the molecule is CN1CCC(CCNC(=O)c2ccc(C(=O)O)cc2)CC1. The first-order chi connectivity index (χ1) is 10.1. The lowest BCUT2D eigenvalue weighted by Gasteiger charge is -2.28. The Morgan fingerprint density at radius 2 is 1.76 bits per heavy atom. The second-order valence-electron chi connectivity index (χ2n) is 5.67. The Morgan fingerprint density at radius 3 is 2.33 bits per heavy atom. The number of carbonyl (C=O) groups excluding carboxylic acids is 1. The van der Waals surface area contributed by atoms with E-state index in [1.807, 2.05) is 0 Å². The van der Waals surface area contributed by atoms with Crippen molar-refractivity contribution in [3.05, 3.63) is 35.4 Å². The number of piperidine rings is 1. The maximum absolute atomic E-state index is 12.0. The van der Waals surface area contributed by atoms with Crippen LogP contribution in [0.3, 0.4) is 0 Å². The summed E-state index contributed by atoms with van der Waals surface area (Å²) in [6.45, 7) is 2.94. The maximum atomic E-state index is 12.0. The van der Waals surface area contributed by atoms with Gasteiger partial charge in [0.2, 0.25) is 0 Å². The van der Waals surface area contributed by atoms with Gasteiger partial charge in [-0.3, -0.25) is 4.79 Å². The van der Waals surface area contributed by atoms with E-state index in [0.29, 0.717) is 18.0 Å². The summed E-state index contributed by atoms with van der Waals surface area (Å²) in [7, 11) is 2.14. The minimum Gasteiger partial charge on any atom is -0.478 e. The molecule has 2 rings (SSSR count). The summed E-state index contributed by atoms with van der Waals surface area (Å²) < 4.78 is 0. The molecule has 0 radical (unpaired) electrons. The van der Waals surface area contributed by atoms with E-state index >= 15 is 0 Å². The van der Waals surface area contributed by atoms with Crippen LogP contribution in [0.25, 0.3) is 0 Å². The predicted octanol–water partition coefficient (Wildman–Crippen LogP) is 1.85. The van der Waals surface area contributed by atoms with Crippen molar-refractivity contribution in [2.45, 2.75) is 19.3 Å². The van der Waals surface area contributed by atoms with Crippen LogP contribution in [0, 0.1) is 5.92 Å². The first kappa shape index (κ1) is 15.5. The second kappa shape index (κ2) is 7.22. The summed E-state index contributed by atoms with van der Waals surface area (Å²) in [5.74, 6) is -0.431. The molecule has 2 N–H and O–H groups in total. The number of hydrogen-bond acceptors (Lipinski definition) is 3. The summed E-state index contributed by atoms with van der Waals surface area (Å²) in [6, 6.07) is 6.01. The smallest absolute Gasteiger partial charge is 0.335 e. The third kappa shape index (κ3) is 4.56. The molecule has 1 heterocycles. The Kier molecular flexibility index (Phi) is 5.33. The minimum absolute atomic E-state index is 0.139. The molecule has 5 heteroatoms. The quantitative estimate of drug-likeness (QED) is 0.868. The van der Waals surface area contributed by atoms with Crippen LogP contribution in [0.1, 0.15) is 40.0 Å².